The fraction of sp³-hybridized carbons (Fsp3) is 0.267. The van der Waals surface area contributed by atoms with E-state index in [1.165, 1.54) is 33.4 Å². The topological polar surface area (TPSA) is 12.9 Å². The van der Waals surface area contributed by atoms with Crippen LogP contribution in [0.2, 0.25) is 0 Å². The largest absolute Gasteiger partial charge is 0.261 e. The first-order valence-corrected chi connectivity index (χ1v) is 5.72. The number of hydrogen-bond donors (Lipinski definition) is 0. The summed E-state index contributed by atoms with van der Waals surface area (Å²) in [6.45, 7) is 6.41. The van der Waals surface area contributed by atoms with E-state index in [9.17, 15) is 0 Å². The quantitative estimate of drug-likeness (QED) is 0.551. The molecule has 0 fully saturated rings. The summed E-state index contributed by atoms with van der Waals surface area (Å²) in [4.78, 5) is 4.46. The van der Waals surface area contributed by atoms with Gasteiger partial charge in [0.2, 0.25) is 0 Å². The highest BCUT2D eigenvalue weighted by molar-refractivity contribution is 5.79. The molecule has 0 aliphatic heterocycles. The third-order valence-corrected chi connectivity index (χ3v) is 3.56. The highest BCUT2D eigenvalue weighted by Gasteiger charge is 2.21. The Kier molecular flexibility index (Phi) is 1.90. The van der Waals surface area contributed by atoms with Crippen LogP contribution in [0.5, 0.6) is 0 Å². The number of fused-ring (bicyclic) bond motifs is 3. The highest BCUT2D eigenvalue weighted by atomic mass is 14.7. The number of hydrogen-bond acceptors (Lipinski definition) is 1. The molecule has 0 atom stereocenters. The first kappa shape index (κ1) is 9.59. The molecule has 1 aromatic heterocycles. The van der Waals surface area contributed by atoms with Crippen molar-refractivity contribution in [3.05, 3.63) is 52.3 Å². The minimum absolute atomic E-state index is 1.04. The molecular formula is C15H15N. The van der Waals surface area contributed by atoms with E-state index in [1.54, 1.807) is 0 Å². The molecule has 0 radical (unpaired) electrons. The highest BCUT2D eigenvalue weighted by Crippen LogP contribution is 2.39. The van der Waals surface area contributed by atoms with Crippen molar-refractivity contribution >= 4 is 0 Å². The molecule has 1 aliphatic carbocycles. The van der Waals surface area contributed by atoms with Crippen LogP contribution >= 0.6 is 0 Å². The molecule has 16 heavy (non-hydrogen) atoms. The van der Waals surface area contributed by atoms with Crippen LogP contribution in [0, 0.1) is 20.8 Å². The molecule has 0 amide bonds. The number of pyridine rings is 1. The summed E-state index contributed by atoms with van der Waals surface area (Å²) in [6, 6.07) is 6.75. The molecule has 0 spiro atoms. The van der Waals surface area contributed by atoms with Gasteiger partial charge in [-0.3, -0.25) is 4.98 Å². The number of aryl methyl sites for hydroxylation is 2. The molecule has 0 saturated heterocycles. The molecule has 0 unspecified atom stereocenters. The van der Waals surface area contributed by atoms with E-state index in [4.69, 9.17) is 0 Å². The number of nitrogens with zero attached hydrogens (tertiary/aromatic N) is 1. The van der Waals surface area contributed by atoms with Crippen molar-refractivity contribution < 1.29 is 0 Å². The first-order valence-electron chi connectivity index (χ1n) is 5.72. The average molecular weight is 209 g/mol. The SMILES string of the molecule is Cc1ccc2c(c1)Cc1cnc(C)c(C)c1-2. The monoisotopic (exact) mass is 209 g/mol. The van der Waals surface area contributed by atoms with Gasteiger partial charge in [-0.1, -0.05) is 23.8 Å². The van der Waals surface area contributed by atoms with E-state index >= 15 is 0 Å². The van der Waals surface area contributed by atoms with Gasteiger partial charge in [-0.2, -0.15) is 0 Å². The molecule has 1 nitrogen and oxygen atoms in total. The van der Waals surface area contributed by atoms with Gasteiger partial charge in [0.15, 0.2) is 0 Å². The van der Waals surface area contributed by atoms with Gasteiger partial charge in [0, 0.05) is 18.3 Å². The molecular weight excluding hydrogens is 194 g/mol. The van der Waals surface area contributed by atoms with Crippen molar-refractivity contribution in [2.24, 2.45) is 0 Å². The van der Waals surface area contributed by atoms with Crippen molar-refractivity contribution in [1.29, 1.82) is 0 Å². The Labute approximate surface area is 96.2 Å². The second kappa shape index (κ2) is 3.18. The summed E-state index contributed by atoms with van der Waals surface area (Å²) in [7, 11) is 0. The molecule has 0 N–H and O–H groups in total. The summed E-state index contributed by atoms with van der Waals surface area (Å²) in [5.41, 5.74) is 9.47. The molecule has 0 saturated carbocycles. The van der Waals surface area contributed by atoms with Gasteiger partial charge in [0.05, 0.1) is 0 Å². The Morgan fingerprint density at radius 2 is 1.88 bits per heavy atom. The lowest BCUT2D eigenvalue weighted by atomic mass is 10.00. The molecule has 1 heterocycles. The predicted octanol–water partition coefficient (Wildman–Crippen LogP) is 3.58. The van der Waals surface area contributed by atoms with Gasteiger partial charge in [-0.25, -0.2) is 0 Å². The maximum Gasteiger partial charge on any atom is 0.0408 e. The third kappa shape index (κ3) is 1.21. The van der Waals surface area contributed by atoms with Gasteiger partial charge in [-0.15, -0.1) is 0 Å². The van der Waals surface area contributed by atoms with Crippen LogP contribution < -0.4 is 0 Å². The van der Waals surface area contributed by atoms with Crippen molar-refractivity contribution in [3.63, 3.8) is 0 Å². The number of benzene rings is 1. The normalized spacial score (nSPS) is 12.4. The van der Waals surface area contributed by atoms with E-state index in [-0.39, 0.29) is 0 Å². The van der Waals surface area contributed by atoms with Gasteiger partial charge < -0.3 is 0 Å². The van der Waals surface area contributed by atoms with Gasteiger partial charge >= 0.3 is 0 Å². The van der Waals surface area contributed by atoms with Crippen LogP contribution in [0.3, 0.4) is 0 Å². The maximum absolute atomic E-state index is 4.46. The van der Waals surface area contributed by atoms with E-state index < -0.39 is 0 Å². The van der Waals surface area contributed by atoms with Crippen LogP contribution in [0.1, 0.15) is 27.9 Å². The van der Waals surface area contributed by atoms with Gasteiger partial charge in [0.1, 0.15) is 0 Å². The van der Waals surface area contributed by atoms with Crippen molar-refractivity contribution in [3.8, 4) is 11.1 Å². The van der Waals surface area contributed by atoms with Gasteiger partial charge in [-0.05, 0) is 48.6 Å². The Morgan fingerprint density at radius 3 is 2.69 bits per heavy atom. The maximum atomic E-state index is 4.46. The number of aromatic nitrogens is 1. The third-order valence-electron chi connectivity index (χ3n) is 3.56. The Bertz CT molecular complexity index is 582. The zero-order valence-corrected chi connectivity index (χ0v) is 9.96. The van der Waals surface area contributed by atoms with Gasteiger partial charge in [0.25, 0.3) is 0 Å². The summed E-state index contributed by atoms with van der Waals surface area (Å²) < 4.78 is 0. The summed E-state index contributed by atoms with van der Waals surface area (Å²) >= 11 is 0. The van der Waals surface area contributed by atoms with E-state index in [1.807, 2.05) is 6.20 Å². The molecule has 2 aromatic rings. The zero-order chi connectivity index (χ0) is 11.3. The fourth-order valence-electron chi connectivity index (χ4n) is 2.58. The van der Waals surface area contributed by atoms with Crippen molar-refractivity contribution in [2.75, 3.05) is 0 Å². The minimum atomic E-state index is 1.04. The summed E-state index contributed by atoms with van der Waals surface area (Å²) in [5.74, 6) is 0. The average Bonchev–Trinajstić information content (AvgIpc) is 2.61. The minimum Gasteiger partial charge on any atom is -0.261 e. The Morgan fingerprint density at radius 1 is 1.06 bits per heavy atom. The lowest BCUT2D eigenvalue weighted by Crippen LogP contribution is -1.92. The molecule has 3 rings (SSSR count). The molecule has 1 heteroatoms. The summed E-state index contributed by atoms with van der Waals surface area (Å²) in [5, 5.41) is 0. The van der Waals surface area contributed by atoms with Crippen LogP contribution in [0.25, 0.3) is 11.1 Å². The first-order chi connectivity index (χ1) is 7.66. The van der Waals surface area contributed by atoms with Crippen molar-refractivity contribution in [2.45, 2.75) is 27.2 Å². The molecule has 1 aromatic carbocycles. The molecule has 1 aliphatic rings. The summed E-state index contributed by atoms with van der Waals surface area (Å²) in [6.07, 6.45) is 3.08. The predicted molar refractivity (Wildman–Crippen MR) is 66.7 cm³/mol. The van der Waals surface area contributed by atoms with Crippen LogP contribution in [-0.2, 0) is 6.42 Å². The standard InChI is InChI=1S/C15H15N/c1-9-4-5-14-12(6-9)7-13-8-16-11(3)10(2)15(13)14/h4-6,8H,7H2,1-3H3. The van der Waals surface area contributed by atoms with Crippen LogP contribution in [0.15, 0.2) is 24.4 Å². The molecule has 0 bridgehead atoms. The van der Waals surface area contributed by atoms with Crippen LogP contribution in [-0.4, -0.2) is 4.98 Å². The smallest absolute Gasteiger partial charge is 0.0408 e. The van der Waals surface area contributed by atoms with E-state index in [2.05, 4.69) is 44.0 Å². The van der Waals surface area contributed by atoms with E-state index in [0.29, 0.717) is 0 Å². The second-order valence-corrected chi connectivity index (χ2v) is 4.71. The van der Waals surface area contributed by atoms with Crippen LogP contribution in [0.4, 0.5) is 0 Å². The second-order valence-electron chi connectivity index (χ2n) is 4.71. The Hall–Kier alpha value is -1.63. The zero-order valence-electron chi connectivity index (χ0n) is 9.96. The lowest BCUT2D eigenvalue weighted by molar-refractivity contribution is 1.11. The van der Waals surface area contributed by atoms with E-state index in [0.717, 1.165) is 12.1 Å². The fourth-order valence-corrected chi connectivity index (χ4v) is 2.58. The lowest BCUT2D eigenvalue weighted by Gasteiger charge is -2.07. The van der Waals surface area contributed by atoms with Crippen molar-refractivity contribution in [1.82, 2.24) is 4.98 Å². The molecule has 80 valence electrons. The number of rotatable bonds is 0. The Balaban J connectivity index is 2.32.